The Labute approximate surface area is 128 Å². The zero-order chi connectivity index (χ0) is 14.8. The van der Waals surface area contributed by atoms with Gasteiger partial charge in [-0.05, 0) is 23.8 Å². The minimum Gasteiger partial charge on any atom is -0.379 e. The largest absolute Gasteiger partial charge is 0.379 e. The van der Waals surface area contributed by atoms with E-state index in [0.29, 0.717) is 0 Å². The van der Waals surface area contributed by atoms with Crippen molar-refractivity contribution in [2.24, 2.45) is 0 Å². The number of rotatable bonds is 3. The lowest BCUT2D eigenvalue weighted by Gasteiger charge is -2.26. The number of morpholine rings is 1. The van der Waals surface area contributed by atoms with Crippen LogP contribution in [0.1, 0.15) is 5.56 Å². The van der Waals surface area contributed by atoms with Crippen LogP contribution in [0.15, 0.2) is 36.7 Å². The summed E-state index contributed by atoms with van der Waals surface area (Å²) in [6.07, 6.45) is 3.66. The van der Waals surface area contributed by atoms with E-state index in [9.17, 15) is 0 Å². The summed E-state index contributed by atoms with van der Waals surface area (Å²) in [5, 5.41) is 0. The Morgan fingerprint density at radius 2 is 2.05 bits per heavy atom. The summed E-state index contributed by atoms with van der Waals surface area (Å²) in [5.41, 5.74) is 3.69. The van der Waals surface area contributed by atoms with Crippen LogP contribution >= 0.6 is 0 Å². The number of ether oxygens (including phenoxy) is 1. The van der Waals surface area contributed by atoms with Crippen molar-refractivity contribution in [3.8, 4) is 11.5 Å². The molecule has 112 valence electrons. The summed E-state index contributed by atoms with van der Waals surface area (Å²) in [7, 11) is 0. The summed E-state index contributed by atoms with van der Waals surface area (Å²) >= 11 is 0. The Bertz CT molecular complexity index is 729. The van der Waals surface area contributed by atoms with E-state index in [0.717, 1.165) is 55.5 Å². The predicted octanol–water partition coefficient (Wildman–Crippen LogP) is 1.85. The van der Waals surface area contributed by atoms with Gasteiger partial charge in [-0.15, -0.1) is 0 Å². The van der Waals surface area contributed by atoms with Crippen LogP contribution in [0.2, 0.25) is 0 Å². The molecule has 22 heavy (non-hydrogen) atoms. The Hall–Kier alpha value is -2.31. The normalized spacial score (nSPS) is 16.2. The number of nitrogens with zero attached hydrogens (tertiary/aromatic N) is 4. The minimum absolute atomic E-state index is 0.719. The molecule has 0 amide bonds. The molecule has 0 aromatic carbocycles. The van der Waals surface area contributed by atoms with Crippen molar-refractivity contribution in [3.63, 3.8) is 0 Å². The van der Waals surface area contributed by atoms with Gasteiger partial charge in [-0.1, -0.05) is 6.07 Å². The number of hydrogen-bond acceptors (Lipinski definition) is 5. The van der Waals surface area contributed by atoms with Crippen molar-refractivity contribution in [2.45, 2.75) is 6.54 Å². The molecular formula is C16H17N5O. The van der Waals surface area contributed by atoms with Gasteiger partial charge < -0.3 is 9.72 Å². The molecular weight excluding hydrogens is 278 g/mol. The molecule has 3 aromatic rings. The van der Waals surface area contributed by atoms with Crippen LogP contribution in [0.5, 0.6) is 0 Å². The number of pyridine rings is 2. The van der Waals surface area contributed by atoms with E-state index in [1.807, 2.05) is 24.4 Å². The van der Waals surface area contributed by atoms with E-state index in [1.54, 1.807) is 6.20 Å². The maximum absolute atomic E-state index is 5.37. The first-order valence-electron chi connectivity index (χ1n) is 7.45. The maximum Gasteiger partial charge on any atom is 0.178 e. The summed E-state index contributed by atoms with van der Waals surface area (Å²) in [5.74, 6) is 0.756. The Morgan fingerprint density at radius 3 is 2.82 bits per heavy atom. The molecule has 1 aliphatic rings. The lowest BCUT2D eigenvalue weighted by atomic mass is 10.2. The Balaban J connectivity index is 1.53. The molecule has 0 atom stereocenters. The highest BCUT2D eigenvalue weighted by Gasteiger charge is 2.11. The molecule has 0 unspecified atom stereocenters. The SMILES string of the molecule is c1cnc2nc(-c3ccc(CN4CCOCC4)cn3)[nH]c2c1. The summed E-state index contributed by atoms with van der Waals surface area (Å²) in [4.78, 5) is 18.9. The van der Waals surface area contributed by atoms with Gasteiger partial charge in [0.15, 0.2) is 11.5 Å². The van der Waals surface area contributed by atoms with Crippen molar-refractivity contribution in [3.05, 3.63) is 42.2 Å². The van der Waals surface area contributed by atoms with Crippen LogP contribution in [0.25, 0.3) is 22.7 Å². The molecule has 0 bridgehead atoms. The third-order valence-electron chi connectivity index (χ3n) is 3.83. The van der Waals surface area contributed by atoms with Gasteiger partial charge in [0, 0.05) is 32.0 Å². The second kappa shape index (κ2) is 5.82. The number of aromatic nitrogens is 4. The summed E-state index contributed by atoms with van der Waals surface area (Å²) < 4.78 is 5.37. The van der Waals surface area contributed by atoms with Crippen LogP contribution in [0.4, 0.5) is 0 Å². The number of hydrogen-bond donors (Lipinski definition) is 1. The Morgan fingerprint density at radius 1 is 1.14 bits per heavy atom. The Kier molecular flexibility index (Phi) is 3.54. The van der Waals surface area contributed by atoms with E-state index in [1.165, 1.54) is 5.56 Å². The number of H-pyrrole nitrogens is 1. The zero-order valence-electron chi connectivity index (χ0n) is 12.2. The first-order valence-corrected chi connectivity index (χ1v) is 7.45. The van der Waals surface area contributed by atoms with Crippen LogP contribution in [0.3, 0.4) is 0 Å². The molecule has 0 radical (unpaired) electrons. The fraction of sp³-hybridized carbons (Fsp3) is 0.312. The number of fused-ring (bicyclic) bond motifs is 1. The van der Waals surface area contributed by atoms with Crippen molar-refractivity contribution in [1.82, 2.24) is 24.8 Å². The molecule has 1 saturated heterocycles. The van der Waals surface area contributed by atoms with Crippen LogP contribution in [-0.2, 0) is 11.3 Å². The second-order valence-electron chi connectivity index (χ2n) is 5.40. The van der Waals surface area contributed by atoms with Crippen molar-refractivity contribution in [1.29, 1.82) is 0 Å². The lowest BCUT2D eigenvalue weighted by molar-refractivity contribution is 0.0341. The smallest absolute Gasteiger partial charge is 0.178 e. The van der Waals surface area contributed by atoms with Crippen molar-refractivity contribution in [2.75, 3.05) is 26.3 Å². The van der Waals surface area contributed by atoms with E-state index >= 15 is 0 Å². The average molecular weight is 295 g/mol. The fourth-order valence-electron chi connectivity index (χ4n) is 2.64. The van der Waals surface area contributed by atoms with Crippen LogP contribution in [-0.4, -0.2) is 51.1 Å². The molecule has 0 aliphatic carbocycles. The highest BCUT2D eigenvalue weighted by molar-refractivity contribution is 5.74. The van der Waals surface area contributed by atoms with E-state index in [-0.39, 0.29) is 0 Å². The first kappa shape index (κ1) is 13.4. The highest BCUT2D eigenvalue weighted by Crippen LogP contribution is 2.17. The molecule has 4 rings (SSSR count). The molecule has 6 heteroatoms. The number of aromatic amines is 1. The lowest BCUT2D eigenvalue weighted by Crippen LogP contribution is -2.35. The van der Waals surface area contributed by atoms with Gasteiger partial charge in [0.2, 0.25) is 0 Å². The molecule has 0 spiro atoms. The highest BCUT2D eigenvalue weighted by atomic mass is 16.5. The van der Waals surface area contributed by atoms with Gasteiger partial charge in [-0.3, -0.25) is 9.88 Å². The van der Waals surface area contributed by atoms with Gasteiger partial charge in [0.05, 0.1) is 18.7 Å². The monoisotopic (exact) mass is 295 g/mol. The molecule has 1 aliphatic heterocycles. The molecule has 3 aromatic heterocycles. The van der Waals surface area contributed by atoms with Gasteiger partial charge in [0.1, 0.15) is 5.69 Å². The molecule has 4 heterocycles. The van der Waals surface area contributed by atoms with Gasteiger partial charge in [0.25, 0.3) is 0 Å². The minimum atomic E-state index is 0.719. The zero-order valence-corrected chi connectivity index (χ0v) is 12.2. The molecule has 1 fully saturated rings. The third-order valence-corrected chi connectivity index (χ3v) is 3.83. The third kappa shape index (κ3) is 2.70. The maximum atomic E-state index is 5.37. The van der Waals surface area contributed by atoms with Crippen molar-refractivity contribution < 1.29 is 4.74 Å². The number of imidazole rings is 1. The predicted molar refractivity (Wildman–Crippen MR) is 83.2 cm³/mol. The summed E-state index contributed by atoms with van der Waals surface area (Å²) in [6.45, 7) is 4.52. The standard InChI is InChI=1S/C16H17N5O/c1-2-14-15(17-5-1)20-16(19-14)13-4-3-12(10-18-13)11-21-6-8-22-9-7-21/h1-5,10H,6-9,11H2,(H,17,19,20). The molecule has 1 N–H and O–H groups in total. The van der Waals surface area contributed by atoms with Crippen LogP contribution in [0, 0.1) is 0 Å². The second-order valence-corrected chi connectivity index (χ2v) is 5.40. The van der Waals surface area contributed by atoms with Gasteiger partial charge in [-0.2, -0.15) is 0 Å². The quantitative estimate of drug-likeness (QED) is 0.799. The topological polar surface area (TPSA) is 66.9 Å². The number of nitrogens with one attached hydrogen (secondary N) is 1. The van der Waals surface area contributed by atoms with Gasteiger partial charge >= 0.3 is 0 Å². The fourth-order valence-corrected chi connectivity index (χ4v) is 2.64. The van der Waals surface area contributed by atoms with Gasteiger partial charge in [-0.25, -0.2) is 9.97 Å². The molecule has 6 nitrogen and oxygen atoms in total. The van der Waals surface area contributed by atoms with E-state index < -0.39 is 0 Å². The average Bonchev–Trinajstić information content (AvgIpc) is 3.00. The molecule has 0 saturated carbocycles. The van der Waals surface area contributed by atoms with Crippen LogP contribution < -0.4 is 0 Å². The van der Waals surface area contributed by atoms with E-state index in [2.05, 4.69) is 30.9 Å². The van der Waals surface area contributed by atoms with E-state index in [4.69, 9.17) is 4.74 Å². The summed E-state index contributed by atoms with van der Waals surface area (Å²) in [6, 6.07) is 7.97. The van der Waals surface area contributed by atoms with Crippen molar-refractivity contribution >= 4 is 11.2 Å². The first-order chi connectivity index (χ1) is 10.9.